The largest absolute Gasteiger partial charge is 0.394 e. The fourth-order valence-corrected chi connectivity index (χ4v) is 14.2. The number of aliphatic hydroxyl groups excluding tert-OH is 8. The van der Waals surface area contributed by atoms with Crippen molar-refractivity contribution in [2.24, 2.45) is 46.8 Å². The second kappa shape index (κ2) is 16.9. The third kappa shape index (κ3) is 7.51. The number of allylic oxidation sites excluding steroid dienone is 1. The molecule has 15 heteroatoms. The summed E-state index contributed by atoms with van der Waals surface area (Å²) < 4.78 is 37.2. The fourth-order valence-electron chi connectivity index (χ4n) is 14.2. The van der Waals surface area contributed by atoms with Gasteiger partial charge in [-0.3, -0.25) is 4.90 Å². The molecule has 8 fully saturated rings. The van der Waals surface area contributed by atoms with E-state index in [9.17, 15) is 40.9 Å². The Bertz CT molecular complexity index is 1510. The van der Waals surface area contributed by atoms with Crippen LogP contribution >= 0.6 is 0 Å². The van der Waals surface area contributed by atoms with Gasteiger partial charge in [-0.2, -0.15) is 0 Å². The van der Waals surface area contributed by atoms with Gasteiger partial charge in [0.15, 0.2) is 18.9 Å². The van der Waals surface area contributed by atoms with Crippen molar-refractivity contribution in [2.75, 3.05) is 19.8 Å². The molecule has 5 aliphatic heterocycles. The third-order valence-corrected chi connectivity index (χ3v) is 17.3. The summed E-state index contributed by atoms with van der Waals surface area (Å²) >= 11 is 0. The highest BCUT2D eigenvalue weighted by atomic mass is 16.8. The molecule has 5 heterocycles. The van der Waals surface area contributed by atoms with Crippen LogP contribution < -0.4 is 0 Å². The van der Waals surface area contributed by atoms with Gasteiger partial charge in [0.05, 0.1) is 31.5 Å². The topological polar surface area (TPSA) is 220 Å². The Morgan fingerprint density at radius 3 is 2.24 bits per heavy atom. The number of ether oxygens (including phenoxy) is 6. The highest BCUT2D eigenvalue weighted by molar-refractivity contribution is 5.26. The number of aliphatic hydroxyl groups is 8. The summed E-state index contributed by atoms with van der Waals surface area (Å²) in [6.45, 7) is 9.05. The van der Waals surface area contributed by atoms with E-state index >= 15 is 0 Å². The minimum atomic E-state index is -1.69. The molecular formula is C44H71NO14. The van der Waals surface area contributed by atoms with Crippen molar-refractivity contribution in [3.05, 3.63) is 11.6 Å². The first kappa shape index (κ1) is 43.4. The van der Waals surface area contributed by atoms with Crippen LogP contribution in [0, 0.1) is 46.8 Å². The van der Waals surface area contributed by atoms with Gasteiger partial charge in [0.1, 0.15) is 54.9 Å². The van der Waals surface area contributed by atoms with Crippen LogP contribution in [0.3, 0.4) is 0 Å². The number of fused-ring (bicyclic) bond motifs is 9. The second-order valence-corrected chi connectivity index (χ2v) is 20.4. The molecule has 5 saturated heterocycles. The van der Waals surface area contributed by atoms with Crippen molar-refractivity contribution < 1.29 is 69.3 Å². The van der Waals surface area contributed by atoms with Gasteiger partial charge in [-0.25, -0.2) is 0 Å². The van der Waals surface area contributed by atoms with E-state index in [0.717, 1.165) is 60.9 Å². The van der Waals surface area contributed by atoms with Crippen molar-refractivity contribution in [2.45, 2.75) is 196 Å². The molecule has 0 spiro atoms. The van der Waals surface area contributed by atoms with Crippen molar-refractivity contribution >= 4 is 0 Å². The Kier molecular flexibility index (Phi) is 12.5. The second-order valence-electron chi connectivity index (χ2n) is 20.4. The van der Waals surface area contributed by atoms with Gasteiger partial charge in [-0.05, 0) is 112 Å². The summed E-state index contributed by atoms with van der Waals surface area (Å²) in [5.74, 6) is 5.29. The minimum absolute atomic E-state index is 0.0537. The average Bonchev–Trinajstić information content (AvgIpc) is 3.74. The number of hydrogen-bond acceptors (Lipinski definition) is 15. The van der Waals surface area contributed by atoms with Crippen molar-refractivity contribution in [1.29, 1.82) is 0 Å². The number of nitrogens with zero attached hydrogens (tertiary/aromatic N) is 1. The lowest BCUT2D eigenvalue weighted by Gasteiger charge is -2.56. The third-order valence-electron chi connectivity index (χ3n) is 17.3. The van der Waals surface area contributed by atoms with Gasteiger partial charge < -0.3 is 69.3 Å². The fraction of sp³-hybridized carbons (Fsp3) is 0.955. The lowest BCUT2D eigenvalue weighted by molar-refractivity contribution is -0.387. The highest BCUT2D eigenvalue weighted by Crippen LogP contribution is 2.65. The Morgan fingerprint density at radius 2 is 1.47 bits per heavy atom. The molecule has 0 bridgehead atoms. The molecule has 9 rings (SSSR count). The molecule has 2 unspecified atom stereocenters. The predicted molar refractivity (Wildman–Crippen MR) is 209 cm³/mol. The summed E-state index contributed by atoms with van der Waals surface area (Å²) in [6, 6.07) is 1.51. The normalized spacial score (nSPS) is 56.3. The summed E-state index contributed by atoms with van der Waals surface area (Å²) in [7, 11) is 0. The quantitative estimate of drug-likeness (QED) is 0.159. The molecule has 4 aliphatic carbocycles. The van der Waals surface area contributed by atoms with E-state index in [1.807, 2.05) is 0 Å². The van der Waals surface area contributed by atoms with Gasteiger partial charge in [0.2, 0.25) is 0 Å². The van der Waals surface area contributed by atoms with Crippen LogP contribution in [0.1, 0.15) is 91.9 Å². The van der Waals surface area contributed by atoms with Crippen LogP contribution in [0.15, 0.2) is 11.6 Å². The predicted octanol–water partition coefficient (Wildman–Crippen LogP) is 0.794. The van der Waals surface area contributed by atoms with Gasteiger partial charge >= 0.3 is 0 Å². The van der Waals surface area contributed by atoms with Crippen LogP contribution in [-0.2, 0) is 28.4 Å². The smallest absolute Gasteiger partial charge is 0.187 e. The molecule has 8 N–H and O–H groups in total. The molecule has 0 aromatic carbocycles. The Hall–Kier alpha value is -0.860. The van der Waals surface area contributed by atoms with E-state index < -0.39 is 99.2 Å². The lowest BCUT2D eigenvalue weighted by Crippen LogP contribution is -2.66. The first-order chi connectivity index (χ1) is 28.2. The Morgan fingerprint density at radius 1 is 0.712 bits per heavy atom. The van der Waals surface area contributed by atoms with Crippen molar-refractivity contribution in [1.82, 2.24) is 4.90 Å². The molecular weight excluding hydrogens is 766 g/mol. The highest BCUT2D eigenvalue weighted by Gasteiger charge is 2.62. The van der Waals surface area contributed by atoms with E-state index in [1.54, 1.807) is 0 Å². The number of rotatable bonds is 8. The number of piperidine rings is 1. The first-order valence-corrected chi connectivity index (χ1v) is 22.9. The average molecular weight is 838 g/mol. The van der Waals surface area contributed by atoms with Crippen molar-refractivity contribution in [3.63, 3.8) is 0 Å². The molecule has 25 atom stereocenters. The van der Waals surface area contributed by atoms with Gasteiger partial charge in [0.25, 0.3) is 0 Å². The first-order valence-electron chi connectivity index (χ1n) is 22.9. The molecule has 0 radical (unpaired) electrons. The van der Waals surface area contributed by atoms with Crippen LogP contribution in [0.25, 0.3) is 0 Å². The van der Waals surface area contributed by atoms with E-state index in [4.69, 9.17) is 28.4 Å². The zero-order valence-corrected chi connectivity index (χ0v) is 35.1. The van der Waals surface area contributed by atoms with Crippen LogP contribution in [0.2, 0.25) is 0 Å². The molecule has 15 nitrogen and oxygen atoms in total. The summed E-state index contributed by atoms with van der Waals surface area (Å²) in [6.07, 6.45) is -6.75. The summed E-state index contributed by atoms with van der Waals surface area (Å²) in [4.78, 5) is 2.94. The molecule has 59 heavy (non-hydrogen) atoms. The molecule has 0 aromatic rings. The SMILES string of the molecule is C[C@@H]1CC[C@H]2[C@H](C)[C@H]3C4CC[C@@H]5[C@@H](CC=C6C[C@@H](O[C@@H]7O[C@H](CO)[C@H](O)[C@H](O[C@H]8C[C@@H](O)[C@@H](O)[C@@H](CO)O8)[C@@H]7O[C@@H]7O[C@H](C)[C@H](O)[C@H](O)[C@@H]7O)CC[C@@]65C)C4C[C@H]3N2C1. The maximum atomic E-state index is 11.6. The minimum Gasteiger partial charge on any atom is -0.394 e. The van der Waals surface area contributed by atoms with Crippen LogP contribution in [0.4, 0.5) is 0 Å². The van der Waals surface area contributed by atoms with E-state index in [1.165, 1.54) is 51.1 Å². The molecule has 336 valence electrons. The Labute approximate surface area is 347 Å². The van der Waals surface area contributed by atoms with E-state index in [2.05, 4.69) is 31.7 Å². The van der Waals surface area contributed by atoms with Crippen LogP contribution in [-0.4, -0.2) is 170 Å². The standard InChI is InChI=1S/C44H71NO14/c1-19-5-10-28-20(2)34-25-8-9-27-24(26(25)14-29(34)45(28)16-19)7-6-22-13-23(11-12-44(22,27)4)55-43-41(59-42-39(53)38(52)35(49)21(3)54-42)40(37(51)32(18-47)57-43)58-33-15-30(48)36(50)31(17-46)56-33/h6,19-21,23-43,46-53H,5,7-18H2,1-4H3/t19-,20+,21-,23+,24+,25?,26?,27-,28+,29-,30-,31-,32-,33+,34+,35+,36-,37+,38+,39+,40+,41+,42+,43-,44+/m1/s1. The Balaban J connectivity index is 0.935. The van der Waals surface area contributed by atoms with Gasteiger partial charge in [-0.1, -0.05) is 32.4 Å². The monoisotopic (exact) mass is 837 g/mol. The molecule has 9 aliphatic rings. The maximum Gasteiger partial charge on any atom is 0.187 e. The molecule has 3 saturated carbocycles. The van der Waals surface area contributed by atoms with Gasteiger partial charge in [-0.15, -0.1) is 0 Å². The maximum absolute atomic E-state index is 11.6. The van der Waals surface area contributed by atoms with Gasteiger partial charge in [0, 0.05) is 25.0 Å². The molecule has 0 amide bonds. The zero-order chi connectivity index (χ0) is 41.7. The lowest BCUT2D eigenvalue weighted by atomic mass is 9.50. The van der Waals surface area contributed by atoms with E-state index in [0.29, 0.717) is 18.3 Å². The van der Waals surface area contributed by atoms with Crippen molar-refractivity contribution in [3.8, 4) is 0 Å². The van der Waals surface area contributed by atoms with E-state index in [-0.39, 0.29) is 17.9 Å². The van der Waals surface area contributed by atoms with Crippen LogP contribution in [0.5, 0.6) is 0 Å². The summed E-state index contributed by atoms with van der Waals surface area (Å²) in [5, 5.41) is 84.7. The zero-order valence-electron chi connectivity index (χ0n) is 35.1. The number of hydrogen-bond donors (Lipinski definition) is 8. The molecule has 0 aromatic heterocycles. The summed E-state index contributed by atoms with van der Waals surface area (Å²) in [5.41, 5.74) is 1.46.